The SMILES string of the molecule is CCC1CN(C(C)c2nc3ccccc3s2)CCC1N. The van der Waals surface area contributed by atoms with Gasteiger partial charge in [-0.1, -0.05) is 25.5 Å². The number of benzene rings is 1. The lowest BCUT2D eigenvalue weighted by Crippen LogP contribution is -2.47. The van der Waals surface area contributed by atoms with Crippen molar-refractivity contribution in [2.45, 2.75) is 38.8 Å². The molecule has 0 radical (unpaired) electrons. The highest BCUT2D eigenvalue weighted by molar-refractivity contribution is 7.18. The molecule has 1 aromatic heterocycles. The molecule has 0 aliphatic carbocycles. The zero-order valence-electron chi connectivity index (χ0n) is 12.2. The average Bonchev–Trinajstić information content (AvgIpc) is 2.91. The first-order chi connectivity index (χ1) is 9.69. The topological polar surface area (TPSA) is 42.2 Å². The molecule has 2 heterocycles. The Morgan fingerprint density at radius 2 is 2.25 bits per heavy atom. The number of hydrogen-bond donors (Lipinski definition) is 1. The third kappa shape index (κ3) is 2.60. The van der Waals surface area contributed by atoms with Gasteiger partial charge in [0.15, 0.2) is 0 Å². The summed E-state index contributed by atoms with van der Waals surface area (Å²) in [6.07, 6.45) is 2.28. The molecule has 3 rings (SSSR count). The van der Waals surface area contributed by atoms with Crippen molar-refractivity contribution in [2.24, 2.45) is 11.7 Å². The number of piperidine rings is 1. The van der Waals surface area contributed by atoms with Crippen LogP contribution in [0.2, 0.25) is 0 Å². The first-order valence-corrected chi connectivity index (χ1v) is 8.35. The zero-order valence-corrected chi connectivity index (χ0v) is 13.1. The van der Waals surface area contributed by atoms with Gasteiger partial charge < -0.3 is 5.73 Å². The fraction of sp³-hybridized carbons (Fsp3) is 0.562. The second-order valence-electron chi connectivity index (χ2n) is 5.81. The maximum atomic E-state index is 6.21. The smallest absolute Gasteiger partial charge is 0.111 e. The van der Waals surface area contributed by atoms with Crippen molar-refractivity contribution in [1.82, 2.24) is 9.88 Å². The predicted molar refractivity (Wildman–Crippen MR) is 86.0 cm³/mol. The van der Waals surface area contributed by atoms with E-state index in [4.69, 9.17) is 10.7 Å². The third-order valence-electron chi connectivity index (χ3n) is 4.56. The summed E-state index contributed by atoms with van der Waals surface area (Å²) in [5.41, 5.74) is 7.34. The Labute approximate surface area is 124 Å². The quantitative estimate of drug-likeness (QED) is 0.941. The van der Waals surface area contributed by atoms with Crippen molar-refractivity contribution in [2.75, 3.05) is 13.1 Å². The van der Waals surface area contributed by atoms with Gasteiger partial charge in [0.05, 0.1) is 16.3 Å². The van der Waals surface area contributed by atoms with Gasteiger partial charge in [0, 0.05) is 19.1 Å². The number of rotatable bonds is 3. The molecule has 2 aromatic rings. The van der Waals surface area contributed by atoms with Crippen LogP contribution in [0.3, 0.4) is 0 Å². The van der Waals surface area contributed by atoms with E-state index in [0.29, 0.717) is 18.0 Å². The minimum absolute atomic E-state index is 0.374. The van der Waals surface area contributed by atoms with Gasteiger partial charge in [-0.05, 0) is 31.4 Å². The summed E-state index contributed by atoms with van der Waals surface area (Å²) >= 11 is 1.82. The second-order valence-corrected chi connectivity index (χ2v) is 6.87. The lowest BCUT2D eigenvalue weighted by molar-refractivity contribution is 0.114. The minimum atomic E-state index is 0.374. The molecule has 0 amide bonds. The molecular formula is C16H23N3S. The Balaban J connectivity index is 1.79. The Hall–Kier alpha value is -0.970. The normalized spacial score (nSPS) is 25.9. The Morgan fingerprint density at radius 1 is 1.45 bits per heavy atom. The van der Waals surface area contributed by atoms with Gasteiger partial charge in [0.2, 0.25) is 0 Å². The van der Waals surface area contributed by atoms with Crippen molar-refractivity contribution in [3.05, 3.63) is 29.3 Å². The third-order valence-corrected chi connectivity index (χ3v) is 5.77. The van der Waals surface area contributed by atoms with Crippen LogP contribution in [0.25, 0.3) is 10.2 Å². The predicted octanol–water partition coefficient (Wildman–Crippen LogP) is 3.42. The fourth-order valence-electron chi connectivity index (χ4n) is 3.09. The van der Waals surface area contributed by atoms with Gasteiger partial charge in [-0.15, -0.1) is 11.3 Å². The number of nitrogens with zero attached hydrogens (tertiary/aromatic N) is 2. The van der Waals surface area contributed by atoms with Crippen LogP contribution in [0.1, 0.15) is 37.7 Å². The van der Waals surface area contributed by atoms with E-state index in [1.807, 2.05) is 11.3 Å². The molecule has 1 saturated heterocycles. The van der Waals surface area contributed by atoms with Gasteiger partial charge in [-0.2, -0.15) is 0 Å². The summed E-state index contributed by atoms with van der Waals surface area (Å²) in [6, 6.07) is 9.17. The number of nitrogens with two attached hydrogens (primary N) is 1. The summed E-state index contributed by atoms with van der Waals surface area (Å²) in [6.45, 7) is 6.72. The molecule has 1 aromatic carbocycles. The standard InChI is InChI=1S/C16H23N3S/c1-3-12-10-19(9-8-13(12)17)11(2)16-18-14-6-4-5-7-15(14)20-16/h4-7,11-13H,3,8-10,17H2,1-2H3. The van der Waals surface area contributed by atoms with Crippen LogP contribution in [-0.4, -0.2) is 29.0 Å². The molecule has 4 heteroatoms. The number of aromatic nitrogens is 1. The Kier molecular flexibility index (Phi) is 4.06. The van der Waals surface area contributed by atoms with Crippen LogP contribution in [0, 0.1) is 5.92 Å². The first kappa shape index (κ1) is 14.0. The molecule has 3 atom stereocenters. The lowest BCUT2D eigenvalue weighted by atomic mass is 9.90. The summed E-state index contributed by atoms with van der Waals surface area (Å²) in [5, 5.41) is 1.23. The fourth-order valence-corrected chi connectivity index (χ4v) is 4.14. The monoisotopic (exact) mass is 289 g/mol. The molecule has 3 nitrogen and oxygen atoms in total. The van der Waals surface area contributed by atoms with Crippen LogP contribution in [0.15, 0.2) is 24.3 Å². The van der Waals surface area contributed by atoms with Gasteiger partial charge in [0.25, 0.3) is 0 Å². The highest BCUT2D eigenvalue weighted by Crippen LogP contribution is 2.32. The summed E-state index contributed by atoms with van der Waals surface area (Å²) in [5.74, 6) is 0.626. The number of hydrogen-bond acceptors (Lipinski definition) is 4. The van der Waals surface area contributed by atoms with Gasteiger partial charge >= 0.3 is 0 Å². The molecule has 3 unspecified atom stereocenters. The summed E-state index contributed by atoms with van der Waals surface area (Å²) in [4.78, 5) is 7.35. The molecule has 1 aliphatic heterocycles. The first-order valence-electron chi connectivity index (χ1n) is 7.54. The Bertz CT molecular complexity index is 547. The van der Waals surface area contributed by atoms with E-state index in [1.54, 1.807) is 0 Å². The van der Waals surface area contributed by atoms with E-state index in [2.05, 4.69) is 43.0 Å². The largest absolute Gasteiger partial charge is 0.327 e. The second kappa shape index (κ2) is 5.80. The zero-order chi connectivity index (χ0) is 14.1. The molecular weight excluding hydrogens is 266 g/mol. The molecule has 1 fully saturated rings. The highest BCUT2D eigenvalue weighted by Gasteiger charge is 2.29. The van der Waals surface area contributed by atoms with E-state index in [9.17, 15) is 0 Å². The minimum Gasteiger partial charge on any atom is -0.327 e. The summed E-state index contributed by atoms with van der Waals surface area (Å²) < 4.78 is 1.29. The highest BCUT2D eigenvalue weighted by atomic mass is 32.1. The molecule has 0 saturated carbocycles. The van der Waals surface area contributed by atoms with Crippen LogP contribution >= 0.6 is 11.3 Å². The van der Waals surface area contributed by atoms with Crippen molar-refractivity contribution >= 4 is 21.6 Å². The number of thiazole rings is 1. The maximum absolute atomic E-state index is 6.21. The Morgan fingerprint density at radius 3 is 3.00 bits per heavy atom. The van der Waals surface area contributed by atoms with Crippen LogP contribution < -0.4 is 5.73 Å². The van der Waals surface area contributed by atoms with Gasteiger partial charge in [-0.25, -0.2) is 4.98 Å². The van der Waals surface area contributed by atoms with E-state index in [1.165, 1.54) is 16.1 Å². The molecule has 20 heavy (non-hydrogen) atoms. The van der Waals surface area contributed by atoms with Crippen molar-refractivity contribution in [3.63, 3.8) is 0 Å². The van der Waals surface area contributed by atoms with Gasteiger partial charge in [0.1, 0.15) is 5.01 Å². The molecule has 2 N–H and O–H groups in total. The van der Waals surface area contributed by atoms with Crippen LogP contribution in [0.5, 0.6) is 0 Å². The molecule has 0 bridgehead atoms. The van der Waals surface area contributed by atoms with E-state index < -0.39 is 0 Å². The average molecular weight is 289 g/mol. The number of para-hydroxylation sites is 1. The van der Waals surface area contributed by atoms with Crippen LogP contribution in [-0.2, 0) is 0 Å². The molecule has 1 aliphatic rings. The maximum Gasteiger partial charge on any atom is 0.111 e. The van der Waals surface area contributed by atoms with Crippen molar-refractivity contribution in [1.29, 1.82) is 0 Å². The molecule has 108 valence electrons. The number of fused-ring (bicyclic) bond motifs is 1. The molecule has 0 spiro atoms. The van der Waals surface area contributed by atoms with E-state index in [0.717, 1.165) is 25.0 Å². The van der Waals surface area contributed by atoms with E-state index in [-0.39, 0.29) is 0 Å². The van der Waals surface area contributed by atoms with Crippen molar-refractivity contribution in [3.8, 4) is 0 Å². The number of likely N-dealkylation sites (tertiary alicyclic amines) is 1. The van der Waals surface area contributed by atoms with Crippen LogP contribution in [0.4, 0.5) is 0 Å². The van der Waals surface area contributed by atoms with E-state index >= 15 is 0 Å². The lowest BCUT2D eigenvalue weighted by Gasteiger charge is -2.39. The van der Waals surface area contributed by atoms with Gasteiger partial charge in [-0.3, -0.25) is 4.90 Å². The van der Waals surface area contributed by atoms with Crippen molar-refractivity contribution < 1.29 is 0 Å². The summed E-state index contributed by atoms with van der Waals surface area (Å²) in [7, 11) is 0.